The highest BCUT2D eigenvalue weighted by molar-refractivity contribution is 9.10. The summed E-state index contributed by atoms with van der Waals surface area (Å²) < 4.78 is 13.8. The van der Waals surface area contributed by atoms with Crippen LogP contribution in [0.2, 0.25) is 0 Å². The Labute approximate surface area is 102 Å². The van der Waals surface area contributed by atoms with Gasteiger partial charge in [0.25, 0.3) is 0 Å². The summed E-state index contributed by atoms with van der Waals surface area (Å²) in [7, 11) is 0. The molecule has 0 atom stereocenters. The topological polar surface area (TPSA) is 24.9 Å². The van der Waals surface area contributed by atoms with Crippen LogP contribution in [0.3, 0.4) is 0 Å². The van der Waals surface area contributed by atoms with Crippen molar-refractivity contribution in [2.24, 2.45) is 0 Å². The number of aryl methyl sites for hydroxylation is 1. The van der Waals surface area contributed by atoms with Gasteiger partial charge in [0, 0.05) is 11.9 Å². The Kier molecular flexibility index (Phi) is 3.19. The molecule has 2 aromatic rings. The number of anilines is 2. The van der Waals surface area contributed by atoms with Crippen molar-refractivity contribution in [3.05, 3.63) is 52.4 Å². The smallest absolute Gasteiger partial charge is 0.144 e. The first-order valence-electron chi connectivity index (χ1n) is 4.80. The van der Waals surface area contributed by atoms with Crippen molar-refractivity contribution in [2.45, 2.75) is 6.92 Å². The van der Waals surface area contributed by atoms with E-state index in [1.54, 1.807) is 18.3 Å². The van der Waals surface area contributed by atoms with Crippen LogP contribution in [0.25, 0.3) is 0 Å². The zero-order chi connectivity index (χ0) is 11.5. The number of pyridine rings is 1. The Morgan fingerprint density at radius 2 is 2.12 bits per heavy atom. The van der Waals surface area contributed by atoms with Gasteiger partial charge < -0.3 is 5.32 Å². The van der Waals surface area contributed by atoms with Gasteiger partial charge in [0.1, 0.15) is 11.6 Å². The molecule has 0 aliphatic carbocycles. The molecule has 0 aliphatic heterocycles. The molecule has 0 radical (unpaired) electrons. The van der Waals surface area contributed by atoms with Gasteiger partial charge in [0.05, 0.1) is 4.47 Å². The van der Waals surface area contributed by atoms with Crippen LogP contribution in [-0.2, 0) is 0 Å². The highest BCUT2D eigenvalue weighted by atomic mass is 79.9. The Morgan fingerprint density at radius 3 is 2.81 bits per heavy atom. The van der Waals surface area contributed by atoms with E-state index in [1.807, 2.05) is 13.0 Å². The molecule has 0 amide bonds. The van der Waals surface area contributed by atoms with E-state index in [4.69, 9.17) is 0 Å². The first kappa shape index (κ1) is 11.1. The second kappa shape index (κ2) is 4.61. The zero-order valence-electron chi connectivity index (χ0n) is 8.67. The lowest BCUT2D eigenvalue weighted by atomic mass is 10.3. The largest absolute Gasteiger partial charge is 0.339 e. The van der Waals surface area contributed by atoms with Gasteiger partial charge in [-0.15, -0.1) is 0 Å². The maximum atomic E-state index is 13.0. The van der Waals surface area contributed by atoms with E-state index >= 15 is 0 Å². The summed E-state index contributed by atoms with van der Waals surface area (Å²) in [6.45, 7) is 1.96. The number of halogens is 2. The number of rotatable bonds is 2. The molecule has 0 aliphatic rings. The van der Waals surface area contributed by atoms with E-state index in [0.717, 1.165) is 10.0 Å². The fraction of sp³-hybridized carbons (Fsp3) is 0.0833. The summed E-state index contributed by atoms with van der Waals surface area (Å²) in [4.78, 5) is 4.22. The van der Waals surface area contributed by atoms with Gasteiger partial charge in [-0.25, -0.2) is 9.37 Å². The minimum absolute atomic E-state index is 0.270. The quantitative estimate of drug-likeness (QED) is 0.898. The fourth-order valence-corrected chi connectivity index (χ4v) is 1.89. The molecule has 0 unspecified atom stereocenters. The van der Waals surface area contributed by atoms with Crippen molar-refractivity contribution in [3.63, 3.8) is 0 Å². The maximum absolute atomic E-state index is 13.0. The maximum Gasteiger partial charge on any atom is 0.144 e. The normalized spacial score (nSPS) is 10.2. The summed E-state index contributed by atoms with van der Waals surface area (Å²) in [6, 6.07) is 8.22. The van der Waals surface area contributed by atoms with Crippen LogP contribution in [0.1, 0.15) is 5.56 Å². The van der Waals surface area contributed by atoms with Crippen molar-refractivity contribution in [2.75, 3.05) is 5.32 Å². The standard InChI is InChI=1S/C12H10BrFN2/c1-8-5-11(13)12(15-7-8)16-10-4-2-3-9(14)6-10/h2-7H,1H3,(H,15,16). The molecule has 1 N–H and O–H groups in total. The highest BCUT2D eigenvalue weighted by Gasteiger charge is 2.02. The summed E-state index contributed by atoms with van der Waals surface area (Å²) in [5, 5.41) is 3.04. The average Bonchev–Trinajstić information content (AvgIpc) is 2.22. The highest BCUT2D eigenvalue weighted by Crippen LogP contribution is 2.24. The lowest BCUT2D eigenvalue weighted by molar-refractivity contribution is 0.628. The summed E-state index contributed by atoms with van der Waals surface area (Å²) in [5.74, 6) is 0.407. The van der Waals surface area contributed by atoms with Gasteiger partial charge >= 0.3 is 0 Å². The summed E-state index contributed by atoms with van der Waals surface area (Å²) in [5.41, 5.74) is 1.74. The number of nitrogens with zero attached hydrogens (tertiary/aromatic N) is 1. The summed E-state index contributed by atoms with van der Waals surface area (Å²) >= 11 is 3.40. The van der Waals surface area contributed by atoms with Crippen molar-refractivity contribution in [3.8, 4) is 0 Å². The van der Waals surface area contributed by atoms with Crippen LogP contribution in [0.5, 0.6) is 0 Å². The van der Waals surface area contributed by atoms with Crippen LogP contribution < -0.4 is 5.32 Å². The van der Waals surface area contributed by atoms with Crippen molar-refractivity contribution in [1.82, 2.24) is 4.98 Å². The van der Waals surface area contributed by atoms with Gasteiger partial charge in [0.15, 0.2) is 0 Å². The summed E-state index contributed by atoms with van der Waals surface area (Å²) in [6.07, 6.45) is 1.76. The monoisotopic (exact) mass is 280 g/mol. The minimum atomic E-state index is -0.270. The van der Waals surface area contributed by atoms with Gasteiger partial charge in [0.2, 0.25) is 0 Å². The average molecular weight is 281 g/mol. The lowest BCUT2D eigenvalue weighted by Crippen LogP contribution is -1.95. The number of hydrogen-bond acceptors (Lipinski definition) is 2. The van der Waals surface area contributed by atoms with Crippen LogP contribution in [-0.4, -0.2) is 4.98 Å². The molecular formula is C12H10BrFN2. The molecule has 1 aromatic heterocycles. The van der Waals surface area contributed by atoms with Gasteiger partial charge in [-0.3, -0.25) is 0 Å². The second-order valence-electron chi connectivity index (χ2n) is 3.48. The molecule has 1 heterocycles. The van der Waals surface area contributed by atoms with Crippen LogP contribution in [0.15, 0.2) is 41.0 Å². The third-order valence-corrected chi connectivity index (χ3v) is 2.67. The van der Waals surface area contributed by atoms with E-state index in [0.29, 0.717) is 11.5 Å². The first-order valence-corrected chi connectivity index (χ1v) is 5.59. The van der Waals surface area contributed by atoms with Crippen LogP contribution in [0, 0.1) is 12.7 Å². The van der Waals surface area contributed by atoms with E-state index < -0.39 is 0 Å². The Morgan fingerprint density at radius 1 is 1.31 bits per heavy atom. The molecule has 1 aromatic carbocycles. The number of benzene rings is 1. The number of aromatic nitrogens is 1. The second-order valence-corrected chi connectivity index (χ2v) is 4.33. The van der Waals surface area contributed by atoms with Gasteiger partial charge in [-0.2, -0.15) is 0 Å². The van der Waals surface area contributed by atoms with Crippen molar-refractivity contribution >= 4 is 27.4 Å². The van der Waals surface area contributed by atoms with Gasteiger partial charge in [-0.05, 0) is 52.7 Å². The number of hydrogen-bond donors (Lipinski definition) is 1. The third-order valence-electron chi connectivity index (χ3n) is 2.07. The SMILES string of the molecule is Cc1cnc(Nc2cccc(F)c2)c(Br)c1. The Bertz CT molecular complexity index is 514. The van der Waals surface area contributed by atoms with Crippen LogP contribution >= 0.6 is 15.9 Å². The molecule has 0 fully saturated rings. The predicted molar refractivity (Wildman–Crippen MR) is 66.4 cm³/mol. The molecular weight excluding hydrogens is 271 g/mol. The fourth-order valence-electron chi connectivity index (χ4n) is 1.33. The molecule has 2 rings (SSSR count). The first-order chi connectivity index (χ1) is 7.65. The Balaban J connectivity index is 2.27. The van der Waals surface area contributed by atoms with Gasteiger partial charge in [-0.1, -0.05) is 6.07 Å². The Hall–Kier alpha value is -1.42. The molecule has 0 bridgehead atoms. The molecule has 2 nitrogen and oxygen atoms in total. The molecule has 4 heteroatoms. The minimum Gasteiger partial charge on any atom is -0.339 e. The van der Waals surface area contributed by atoms with E-state index in [-0.39, 0.29) is 5.82 Å². The molecule has 0 saturated heterocycles. The van der Waals surface area contributed by atoms with E-state index in [1.165, 1.54) is 12.1 Å². The number of nitrogens with one attached hydrogen (secondary N) is 1. The lowest BCUT2D eigenvalue weighted by Gasteiger charge is -2.07. The molecule has 16 heavy (non-hydrogen) atoms. The third kappa shape index (κ3) is 2.58. The van der Waals surface area contributed by atoms with E-state index in [9.17, 15) is 4.39 Å². The molecule has 0 spiro atoms. The van der Waals surface area contributed by atoms with Crippen molar-refractivity contribution in [1.29, 1.82) is 0 Å². The van der Waals surface area contributed by atoms with Crippen molar-refractivity contribution < 1.29 is 4.39 Å². The predicted octanol–water partition coefficient (Wildman–Crippen LogP) is 4.04. The molecule has 82 valence electrons. The van der Waals surface area contributed by atoms with Crippen LogP contribution in [0.4, 0.5) is 15.9 Å². The zero-order valence-corrected chi connectivity index (χ0v) is 10.3. The van der Waals surface area contributed by atoms with E-state index in [2.05, 4.69) is 26.2 Å². The molecule has 0 saturated carbocycles.